The van der Waals surface area contributed by atoms with Crippen LogP contribution >= 0.6 is 15.9 Å². The van der Waals surface area contributed by atoms with Gasteiger partial charge in [-0.3, -0.25) is 0 Å². The molecule has 0 N–H and O–H groups in total. The van der Waals surface area contributed by atoms with E-state index in [9.17, 15) is 5.26 Å². The number of benzene rings is 1. The van der Waals surface area contributed by atoms with Crippen molar-refractivity contribution in [1.29, 1.82) is 5.26 Å². The number of nitrogens with zero attached hydrogens (tertiary/aromatic N) is 2. The Bertz CT molecular complexity index is 517. The maximum Gasteiger partial charge on any atom is 0.113 e. The van der Waals surface area contributed by atoms with Gasteiger partial charge in [-0.25, -0.2) is 4.98 Å². The lowest BCUT2D eigenvalue weighted by molar-refractivity contribution is 0.957. The Morgan fingerprint density at radius 1 is 1.06 bits per heavy atom. The van der Waals surface area contributed by atoms with E-state index < -0.39 is 0 Å². The Hall–Kier alpha value is -1.66. The molecule has 3 heteroatoms. The molecule has 0 fully saturated rings. The highest BCUT2D eigenvalue weighted by atomic mass is 79.9. The van der Waals surface area contributed by atoms with E-state index in [1.54, 1.807) is 0 Å². The first kappa shape index (κ1) is 10.8. The molecule has 1 aromatic carbocycles. The zero-order chi connectivity index (χ0) is 11.4. The minimum Gasteiger partial charge on any atom is -0.244 e. The second kappa shape index (κ2) is 4.91. The van der Waals surface area contributed by atoms with Crippen molar-refractivity contribution in [2.75, 3.05) is 0 Å². The number of hydrogen-bond donors (Lipinski definition) is 0. The summed E-state index contributed by atoms with van der Waals surface area (Å²) in [5.41, 5.74) is 1.73. The van der Waals surface area contributed by atoms with Crippen LogP contribution in [0.1, 0.15) is 17.2 Å². The molecular weight excluding hydrogens is 264 g/mol. The van der Waals surface area contributed by atoms with Crippen LogP contribution in [0.5, 0.6) is 0 Å². The van der Waals surface area contributed by atoms with Crippen molar-refractivity contribution in [2.24, 2.45) is 0 Å². The third-order valence-corrected chi connectivity index (χ3v) is 2.74. The highest BCUT2D eigenvalue weighted by molar-refractivity contribution is 9.10. The molecular formula is C13H9BrN2. The van der Waals surface area contributed by atoms with Crippen molar-refractivity contribution in [2.45, 2.75) is 5.92 Å². The summed E-state index contributed by atoms with van der Waals surface area (Å²) in [7, 11) is 0. The molecule has 0 spiro atoms. The van der Waals surface area contributed by atoms with Gasteiger partial charge in [-0.1, -0.05) is 36.4 Å². The zero-order valence-electron chi connectivity index (χ0n) is 8.47. The van der Waals surface area contributed by atoms with E-state index in [2.05, 4.69) is 27.0 Å². The third kappa shape index (κ3) is 2.29. The van der Waals surface area contributed by atoms with Crippen LogP contribution in [0.4, 0.5) is 0 Å². The molecule has 0 aliphatic heterocycles. The Balaban J connectivity index is 2.42. The number of nitriles is 1. The van der Waals surface area contributed by atoms with Gasteiger partial charge < -0.3 is 0 Å². The molecule has 0 radical (unpaired) electrons. The quantitative estimate of drug-likeness (QED) is 0.785. The molecule has 16 heavy (non-hydrogen) atoms. The van der Waals surface area contributed by atoms with Crippen LogP contribution in [-0.4, -0.2) is 4.98 Å². The van der Waals surface area contributed by atoms with Gasteiger partial charge in [0.15, 0.2) is 0 Å². The first-order valence-electron chi connectivity index (χ1n) is 4.88. The third-order valence-electron chi connectivity index (χ3n) is 2.29. The predicted molar refractivity (Wildman–Crippen MR) is 65.8 cm³/mol. The Morgan fingerprint density at radius 2 is 1.81 bits per heavy atom. The van der Waals surface area contributed by atoms with E-state index in [0.717, 1.165) is 15.9 Å². The highest BCUT2D eigenvalue weighted by Crippen LogP contribution is 2.23. The Morgan fingerprint density at radius 3 is 2.44 bits per heavy atom. The van der Waals surface area contributed by atoms with Gasteiger partial charge >= 0.3 is 0 Å². The molecule has 2 nitrogen and oxygen atoms in total. The lowest BCUT2D eigenvalue weighted by atomic mass is 9.97. The van der Waals surface area contributed by atoms with Crippen molar-refractivity contribution in [3.8, 4) is 6.07 Å². The standard InChI is InChI=1S/C13H9BrN2/c14-13-8-4-7-12(16-13)11(9-15)10-5-2-1-3-6-10/h1-8,11H/t11-/m1/s1. The van der Waals surface area contributed by atoms with E-state index in [1.165, 1.54) is 0 Å². The van der Waals surface area contributed by atoms with Crippen LogP contribution in [0.25, 0.3) is 0 Å². The van der Waals surface area contributed by atoms with Crippen molar-refractivity contribution >= 4 is 15.9 Å². The molecule has 1 heterocycles. The summed E-state index contributed by atoms with van der Waals surface area (Å²) in [4.78, 5) is 4.31. The summed E-state index contributed by atoms with van der Waals surface area (Å²) in [6.45, 7) is 0. The monoisotopic (exact) mass is 272 g/mol. The topological polar surface area (TPSA) is 36.7 Å². The van der Waals surface area contributed by atoms with Crippen molar-refractivity contribution in [1.82, 2.24) is 4.98 Å². The fourth-order valence-corrected chi connectivity index (χ4v) is 1.90. The molecule has 0 saturated carbocycles. The average Bonchev–Trinajstić information content (AvgIpc) is 2.31. The van der Waals surface area contributed by atoms with Crippen LogP contribution in [0.15, 0.2) is 53.1 Å². The number of pyridine rings is 1. The number of aromatic nitrogens is 1. The maximum absolute atomic E-state index is 9.22. The molecule has 0 unspecified atom stereocenters. The van der Waals surface area contributed by atoms with E-state index in [1.807, 2.05) is 48.5 Å². The summed E-state index contributed by atoms with van der Waals surface area (Å²) in [6.07, 6.45) is 0. The van der Waals surface area contributed by atoms with Crippen LogP contribution < -0.4 is 0 Å². The molecule has 0 amide bonds. The molecule has 78 valence electrons. The summed E-state index contributed by atoms with van der Waals surface area (Å²) in [5, 5.41) is 9.22. The first-order valence-corrected chi connectivity index (χ1v) is 5.67. The lowest BCUT2D eigenvalue weighted by Crippen LogP contribution is -2.00. The molecule has 1 atom stereocenters. The van der Waals surface area contributed by atoms with Crippen LogP contribution in [0.2, 0.25) is 0 Å². The van der Waals surface area contributed by atoms with Crippen LogP contribution in [0.3, 0.4) is 0 Å². The number of rotatable bonds is 2. The predicted octanol–water partition coefficient (Wildman–Crippen LogP) is 3.50. The number of halogens is 1. The largest absolute Gasteiger partial charge is 0.244 e. The van der Waals surface area contributed by atoms with Crippen LogP contribution in [-0.2, 0) is 0 Å². The van der Waals surface area contributed by atoms with Gasteiger partial charge in [0.05, 0.1) is 11.8 Å². The summed E-state index contributed by atoms with van der Waals surface area (Å²) >= 11 is 3.31. The SMILES string of the molecule is N#C[C@H](c1ccccc1)c1cccc(Br)n1. The van der Waals surface area contributed by atoms with E-state index in [0.29, 0.717) is 0 Å². The average molecular weight is 273 g/mol. The minimum absolute atomic E-state index is 0.307. The smallest absolute Gasteiger partial charge is 0.113 e. The van der Waals surface area contributed by atoms with Gasteiger partial charge in [-0.15, -0.1) is 0 Å². The second-order valence-corrected chi connectivity index (χ2v) is 4.17. The summed E-state index contributed by atoms with van der Waals surface area (Å²) < 4.78 is 0.751. The second-order valence-electron chi connectivity index (χ2n) is 3.36. The highest BCUT2D eigenvalue weighted by Gasteiger charge is 2.14. The Labute approximate surface area is 103 Å². The van der Waals surface area contributed by atoms with Crippen LogP contribution in [0, 0.1) is 11.3 Å². The van der Waals surface area contributed by atoms with E-state index >= 15 is 0 Å². The molecule has 0 bridgehead atoms. The van der Waals surface area contributed by atoms with Gasteiger partial charge in [-0.2, -0.15) is 5.26 Å². The summed E-state index contributed by atoms with van der Waals surface area (Å²) in [6, 6.07) is 17.6. The molecule has 2 aromatic rings. The fourth-order valence-electron chi connectivity index (χ4n) is 1.54. The maximum atomic E-state index is 9.22. The van der Waals surface area contributed by atoms with Gasteiger partial charge in [-0.05, 0) is 33.6 Å². The van der Waals surface area contributed by atoms with Crippen molar-refractivity contribution in [3.05, 3.63) is 64.4 Å². The molecule has 0 aliphatic carbocycles. The summed E-state index contributed by atoms with van der Waals surface area (Å²) in [5.74, 6) is -0.307. The minimum atomic E-state index is -0.307. The molecule has 0 saturated heterocycles. The zero-order valence-corrected chi connectivity index (χ0v) is 10.1. The van der Waals surface area contributed by atoms with Gasteiger partial charge in [0.25, 0.3) is 0 Å². The van der Waals surface area contributed by atoms with Crippen molar-refractivity contribution < 1.29 is 0 Å². The van der Waals surface area contributed by atoms with E-state index in [-0.39, 0.29) is 5.92 Å². The molecule has 2 rings (SSSR count). The number of hydrogen-bond acceptors (Lipinski definition) is 2. The fraction of sp³-hybridized carbons (Fsp3) is 0.0769. The normalized spacial score (nSPS) is 11.8. The van der Waals surface area contributed by atoms with Crippen molar-refractivity contribution in [3.63, 3.8) is 0 Å². The van der Waals surface area contributed by atoms with E-state index in [4.69, 9.17) is 0 Å². The molecule has 1 aromatic heterocycles. The molecule has 0 aliphatic rings. The Kier molecular flexibility index (Phi) is 3.33. The lowest BCUT2D eigenvalue weighted by Gasteiger charge is -2.08. The van der Waals surface area contributed by atoms with Gasteiger partial charge in [0.2, 0.25) is 0 Å². The van der Waals surface area contributed by atoms with Gasteiger partial charge in [0, 0.05) is 0 Å². The first-order chi connectivity index (χ1) is 7.81. The van der Waals surface area contributed by atoms with Gasteiger partial charge in [0.1, 0.15) is 10.5 Å².